The summed E-state index contributed by atoms with van der Waals surface area (Å²) in [5.74, 6) is -3.05. The number of sulfonamides is 1. The number of amides is 1. The number of hydrogen-bond donors (Lipinski definition) is 1. The SMILES string of the molecule is CN(C)C(=O)CN(C)S(=O)(=O)c1ccc(F)c(C(=O)O)c1. The smallest absolute Gasteiger partial charge is 0.338 e. The van der Waals surface area contributed by atoms with Crippen LogP contribution in [-0.2, 0) is 14.8 Å². The second-order valence-corrected chi connectivity index (χ2v) is 6.54. The summed E-state index contributed by atoms with van der Waals surface area (Å²) in [6.07, 6.45) is 0. The van der Waals surface area contributed by atoms with Gasteiger partial charge in [0.05, 0.1) is 17.0 Å². The van der Waals surface area contributed by atoms with E-state index in [-0.39, 0.29) is 0 Å². The van der Waals surface area contributed by atoms with Gasteiger partial charge in [0.25, 0.3) is 0 Å². The minimum Gasteiger partial charge on any atom is -0.478 e. The molecule has 7 nitrogen and oxygen atoms in total. The molecule has 0 aliphatic rings. The van der Waals surface area contributed by atoms with Crippen LogP contribution in [0.15, 0.2) is 23.1 Å². The lowest BCUT2D eigenvalue weighted by Crippen LogP contribution is -2.37. The number of likely N-dealkylation sites (N-methyl/N-ethyl adjacent to an activating group) is 2. The maximum absolute atomic E-state index is 13.3. The van der Waals surface area contributed by atoms with Gasteiger partial charge in [-0.15, -0.1) is 0 Å². The van der Waals surface area contributed by atoms with Crippen molar-refractivity contribution in [3.63, 3.8) is 0 Å². The van der Waals surface area contributed by atoms with E-state index in [2.05, 4.69) is 0 Å². The van der Waals surface area contributed by atoms with Crippen LogP contribution in [0.2, 0.25) is 0 Å². The van der Waals surface area contributed by atoms with Crippen molar-refractivity contribution in [2.45, 2.75) is 4.90 Å². The van der Waals surface area contributed by atoms with Crippen molar-refractivity contribution in [1.29, 1.82) is 0 Å². The summed E-state index contributed by atoms with van der Waals surface area (Å²) in [6.45, 7) is -0.408. The first kappa shape index (κ1) is 17.1. The fraction of sp³-hybridized carbons (Fsp3) is 0.333. The molecule has 0 bridgehead atoms. The molecule has 0 heterocycles. The zero-order valence-corrected chi connectivity index (χ0v) is 12.5. The molecule has 9 heteroatoms. The van der Waals surface area contributed by atoms with Gasteiger partial charge in [-0.2, -0.15) is 4.31 Å². The van der Waals surface area contributed by atoms with Crippen LogP contribution in [-0.4, -0.2) is 62.3 Å². The quantitative estimate of drug-likeness (QED) is 0.839. The zero-order chi connectivity index (χ0) is 16.4. The van der Waals surface area contributed by atoms with E-state index in [9.17, 15) is 22.4 Å². The van der Waals surface area contributed by atoms with Crippen LogP contribution in [0.1, 0.15) is 10.4 Å². The van der Waals surface area contributed by atoms with E-state index in [1.54, 1.807) is 0 Å². The molecule has 0 aromatic heterocycles. The lowest BCUT2D eigenvalue weighted by Gasteiger charge is -2.19. The van der Waals surface area contributed by atoms with Gasteiger partial charge < -0.3 is 10.0 Å². The van der Waals surface area contributed by atoms with Gasteiger partial charge >= 0.3 is 5.97 Å². The summed E-state index contributed by atoms with van der Waals surface area (Å²) in [4.78, 5) is 23.2. The Labute approximate surface area is 121 Å². The van der Waals surface area contributed by atoms with E-state index in [1.165, 1.54) is 26.0 Å². The van der Waals surface area contributed by atoms with Gasteiger partial charge in [0.2, 0.25) is 15.9 Å². The van der Waals surface area contributed by atoms with E-state index in [0.29, 0.717) is 0 Å². The second kappa shape index (κ2) is 6.19. The number of carboxylic acid groups (broad SMARTS) is 1. The number of carbonyl (C=O) groups excluding carboxylic acids is 1. The van der Waals surface area contributed by atoms with Crippen molar-refractivity contribution in [3.8, 4) is 0 Å². The maximum Gasteiger partial charge on any atom is 0.338 e. The van der Waals surface area contributed by atoms with Crippen molar-refractivity contribution in [2.75, 3.05) is 27.7 Å². The molecule has 1 aromatic carbocycles. The monoisotopic (exact) mass is 318 g/mol. The first-order chi connectivity index (χ1) is 9.57. The Kier molecular flexibility index (Phi) is 5.02. The standard InChI is InChI=1S/C12H15FN2O5S/c1-14(2)11(16)7-15(3)21(19,20)8-4-5-10(13)9(6-8)12(17)18/h4-6H,7H2,1-3H3,(H,17,18). The van der Waals surface area contributed by atoms with Gasteiger partial charge in [-0.1, -0.05) is 0 Å². The highest BCUT2D eigenvalue weighted by molar-refractivity contribution is 7.89. The third-order valence-corrected chi connectivity index (χ3v) is 4.53. The molecular weight excluding hydrogens is 303 g/mol. The fourth-order valence-electron chi connectivity index (χ4n) is 1.43. The van der Waals surface area contributed by atoms with E-state index >= 15 is 0 Å². The Bertz CT molecular complexity index is 672. The summed E-state index contributed by atoms with van der Waals surface area (Å²) < 4.78 is 38.5. The van der Waals surface area contributed by atoms with E-state index < -0.39 is 44.7 Å². The minimum absolute atomic E-state index is 0.393. The molecule has 0 aliphatic heterocycles. The molecular formula is C12H15FN2O5S. The Hall–Kier alpha value is -2.00. The van der Waals surface area contributed by atoms with Gasteiger partial charge in [0.1, 0.15) is 5.82 Å². The van der Waals surface area contributed by atoms with Gasteiger partial charge in [-0.05, 0) is 18.2 Å². The van der Waals surface area contributed by atoms with E-state index in [1.807, 2.05) is 0 Å². The van der Waals surface area contributed by atoms with Crippen molar-refractivity contribution in [1.82, 2.24) is 9.21 Å². The van der Waals surface area contributed by atoms with E-state index in [4.69, 9.17) is 5.11 Å². The normalized spacial score (nSPS) is 11.5. The average molecular weight is 318 g/mol. The summed E-state index contributed by atoms with van der Waals surface area (Å²) in [5, 5.41) is 8.80. The van der Waals surface area contributed by atoms with E-state index in [0.717, 1.165) is 22.5 Å². The van der Waals surface area contributed by atoms with Crippen LogP contribution in [0.3, 0.4) is 0 Å². The molecule has 1 N–H and O–H groups in total. The summed E-state index contributed by atoms with van der Waals surface area (Å²) in [5.41, 5.74) is -0.747. The van der Waals surface area contributed by atoms with Gasteiger partial charge in [0, 0.05) is 21.1 Å². The molecule has 0 radical (unpaired) electrons. The Balaban J connectivity index is 3.16. The molecule has 0 aliphatic carbocycles. The van der Waals surface area contributed by atoms with Crippen molar-refractivity contribution in [3.05, 3.63) is 29.6 Å². The Morgan fingerprint density at radius 1 is 1.24 bits per heavy atom. The second-order valence-electron chi connectivity index (χ2n) is 4.50. The maximum atomic E-state index is 13.3. The number of benzene rings is 1. The molecule has 0 unspecified atom stereocenters. The van der Waals surface area contributed by atoms with Crippen LogP contribution in [0, 0.1) is 5.82 Å². The lowest BCUT2D eigenvalue weighted by atomic mass is 10.2. The first-order valence-electron chi connectivity index (χ1n) is 5.76. The van der Waals surface area contributed by atoms with Gasteiger partial charge in [-0.3, -0.25) is 4.79 Å². The van der Waals surface area contributed by atoms with Crippen LogP contribution in [0.25, 0.3) is 0 Å². The van der Waals surface area contributed by atoms with Crippen LogP contribution in [0.5, 0.6) is 0 Å². The molecule has 0 spiro atoms. The molecule has 0 saturated carbocycles. The molecule has 0 atom stereocenters. The van der Waals surface area contributed by atoms with Crippen molar-refractivity contribution < 1.29 is 27.5 Å². The molecule has 1 aromatic rings. The predicted octanol–water partition coefficient (Wildman–Crippen LogP) is 0.233. The third-order valence-electron chi connectivity index (χ3n) is 2.73. The molecule has 1 rings (SSSR count). The number of aromatic carboxylic acids is 1. The number of carboxylic acids is 1. The molecule has 0 fully saturated rings. The highest BCUT2D eigenvalue weighted by atomic mass is 32.2. The highest BCUT2D eigenvalue weighted by Gasteiger charge is 2.25. The molecule has 21 heavy (non-hydrogen) atoms. The molecule has 1 amide bonds. The van der Waals surface area contributed by atoms with Crippen LogP contribution in [0.4, 0.5) is 4.39 Å². The summed E-state index contributed by atoms with van der Waals surface area (Å²) in [7, 11) is 0.0474. The first-order valence-corrected chi connectivity index (χ1v) is 7.20. The zero-order valence-electron chi connectivity index (χ0n) is 11.7. The number of carbonyl (C=O) groups is 2. The number of nitrogens with zero attached hydrogens (tertiary/aromatic N) is 2. The summed E-state index contributed by atoms with van der Waals surface area (Å²) in [6, 6.07) is 2.44. The van der Waals surface area contributed by atoms with Gasteiger partial charge in [0.15, 0.2) is 0 Å². The molecule has 116 valence electrons. The minimum atomic E-state index is -4.08. The summed E-state index contributed by atoms with van der Waals surface area (Å²) >= 11 is 0. The lowest BCUT2D eigenvalue weighted by molar-refractivity contribution is -0.128. The number of halogens is 1. The largest absolute Gasteiger partial charge is 0.478 e. The average Bonchev–Trinajstić information content (AvgIpc) is 2.38. The number of hydrogen-bond acceptors (Lipinski definition) is 4. The fourth-order valence-corrected chi connectivity index (χ4v) is 2.57. The predicted molar refractivity (Wildman–Crippen MR) is 71.9 cm³/mol. The topological polar surface area (TPSA) is 95.0 Å². The van der Waals surface area contributed by atoms with Crippen LogP contribution < -0.4 is 0 Å². The molecule has 0 saturated heterocycles. The third kappa shape index (κ3) is 3.76. The van der Waals surface area contributed by atoms with Crippen LogP contribution >= 0.6 is 0 Å². The van der Waals surface area contributed by atoms with Gasteiger partial charge in [-0.25, -0.2) is 17.6 Å². The highest BCUT2D eigenvalue weighted by Crippen LogP contribution is 2.18. The Morgan fingerprint density at radius 2 is 1.81 bits per heavy atom. The van der Waals surface area contributed by atoms with Crippen molar-refractivity contribution in [2.24, 2.45) is 0 Å². The number of rotatable bonds is 5. The van der Waals surface area contributed by atoms with Crippen molar-refractivity contribution >= 4 is 21.9 Å². The Morgan fingerprint density at radius 3 is 2.29 bits per heavy atom.